The van der Waals surface area contributed by atoms with Crippen LogP contribution in [0.3, 0.4) is 0 Å². The number of aromatic hydroxyl groups is 1. The Balaban J connectivity index is 2.16. The van der Waals surface area contributed by atoms with Gasteiger partial charge in [-0.05, 0) is 35.7 Å². The molecule has 1 aromatic heterocycles. The van der Waals surface area contributed by atoms with Crippen molar-refractivity contribution in [2.45, 2.75) is 6.42 Å². The Morgan fingerprint density at radius 2 is 1.79 bits per heavy atom. The van der Waals surface area contributed by atoms with Crippen molar-refractivity contribution in [3.8, 4) is 5.75 Å². The van der Waals surface area contributed by atoms with Gasteiger partial charge in [-0.3, -0.25) is 4.98 Å². The van der Waals surface area contributed by atoms with E-state index in [0.29, 0.717) is 5.75 Å². The second-order valence-corrected chi connectivity index (χ2v) is 3.20. The highest BCUT2D eigenvalue weighted by molar-refractivity contribution is 5.29. The van der Waals surface area contributed by atoms with Crippen molar-refractivity contribution in [2.24, 2.45) is 0 Å². The van der Waals surface area contributed by atoms with Crippen molar-refractivity contribution >= 4 is 0 Å². The van der Waals surface area contributed by atoms with E-state index in [4.69, 9.17) is 5.11 Å². The third-order valence-electron chi connectivity index (χ3n) is 2.07. The summed E-state index contributed by atoms with van der Waals surface area (Å²) in [5, 5.41) is 9.11. The molecular weight excluding hydrogens is 174 g/mol. The van der Waals surface area contributed by atoms with Gasteiger partial charge < -0.3 is 5.11 Å². The average Bonchev–Trinajstić information content (AvgIpc) is 2.23. The molecule has 2 heteroatoms. The smallest absolute Gasteiger partial charge is 0.115 e. The largest absolute Gasteiger partial charge is 0.508 e. The highest BCUT2D eigenvalue weighted by Gasteiger charge is 1.95. The fraction of sp³-hybridized carbons (Fsp3) is 0.0833. The molecule has 1 heterocycles. The monoisotopic (exact) mass is 185 g/mol. The number of phenols is 1. The molecule has 0 radical (unpaired) electrons. The van der Waals surface area contributed by atoms with Gasteiger partial charge in [-0.2, -0.15) is 0 Å². The highest BCUT2D eigenvalue weighted by atomic mass is 16.3. The predicted octanol–water partition coefficient (Wildman–Crippen LogP) is 2.38. The zero-order chi connectivity index (χ0) is 9.80. The standard InChI is InChI=1S/C12H11NO/c14-12-5-3-10(4-6-12)8-11-2-1-7-13-9-11/h1-7,9,14H,8H2. The molecule has 0 aliphatic rings. The summed E-state index contributed by atoms with van der Waals surface area (Å²) in [5.74, 6) is 0.305. The summed E-state index contributed by atoms with van der Waals surface area (Å²) in [7, 11) is 0. The number of hydrogen-bond donors (Lipinski definition) is 1. The van der Waals surface area contributed by atoms with Crippen LogP contribution in [0.5, 0.6) is 5.75 Å². The third-order valence-corrected chi connectivity index (χ3v) is 2.07. The summed E-state index contributed by atoms with van der Waals surface area (Å²) in [6.07, 6.45) is 4.47. The molecule has 0 saturated heterocycles. The van der Waals surface area contributed by atoms with Crippen LogP contribution in [0.1, 0.15) is 11.1 Å². The molecule has 0 bridgehead atoms. The van der Waals surface area contributed by atoms with E-state index in [1.54, 1.807) is 18.3 Å². The van der Waals surface area contributed by atoms with Gasteiger partial charge in [0, 0.05) is 12.4 Å². The number of pyridine rings is 1. The van der Waals surface area contributed by atoms with Gasteiger partial charge in [-0.25, -0.2) is 0 Å². The van der Waals surface area contributed by atoms with E-state index < -0.39 is 0 Å². The number of benzene rings is 1. The summed E-state index contributed by atoms with van der Waals surface area (Å²) in [6.45, 7) is 0. The summed E-state index contributed by atoms with van der Waals surface area (Å²) in [4.78, 5) is 4.05. The van der Waals surface area contributed by atoms with Gasteiger partial charge in [0.15, 0.2) is 0 Å². The Bertz CT molecular complexity index is 394. The lowest BCUT2D eigenvalue weighted by molar-refractivity contribution is 0.475. The molecule has 2 aromatic rings. The first-order valence-corrected chi connectivity index (χ1v) is 4.51. The molecule has 70 valence electrons. The Hall–Kier alpha value is -1.83. The molecular formula is C12H11NO. The first-order valence-electron chi connectivity index (χ1n) is 4.51. The zero-order valence-electron chi connectivity index (χ0n) is 7.72. The molecule has 0 amide bonds. The van der Waals surface area contributed by atoms with Crippen LogP contribution in [-0.4, -0.2) is 10.1 Å². The van der Waals surface area contributed by atoms with Gasteiger partial charge in [-0.15, -0.1) is 0 Å². The molecule has 0 aliphatic carbocycles. The fourth-order valence-corrected chi connectivity index (χ4v) is 1.35. The van der Waals surface area contributed by atoms with Crippen molar-refractivity contribution < 1.29 is 5.11 Å². The zero-order valence-corrected chi connectivity index (χ0v) is 7.72. The van der Waals surface area contributed by atoms with E-state index in [-0.39, 0.29) is 0 Å². The number of phenolic OH excluding ortho intramolecular Hbond substituents is 1. The second-order valence-electron chi connectivity index (χ2n) is 3.20. The minimum atomic E-state index is 0.305. The van der Waals surface area contributed by atoms with Crippen molar-refractivity contribution in [1.29, 1.82) is 0 Å². The maximum Gasteiger partial charge on any atom is 0.115 e. The predicted molar refractivity (Wildman–Crippen MR) is 55.1 cm³/mol. The molecule has 0 atom stereocenters. The van der Waals surface area contributed by atoms with Crippen molar-refractivity contribution in [2.75, 3.05) is 0 Å². The first kappa shape index (κ1) is 8.75. The van der Waals surface area contributed by atoms with E-state index in [2.05, 4.69) is 4.98 Å². The maximum atomic E-state index is 9.11. The highest BCUT2D eigenvalue weighted by Crippen LogP contribution is 2.12. The second kappa shape index (κ2) is 3.92. The van der Waals surface area contributed by atoms with E-state index in [0.717, 1.165) is 6.42 Å². The third kappa shape index (κ3) is 2.10. The first-order chi connectivity index (χ1) is 6.84. The topological polar surface area (TPSA) is 33.1 Å². The van der Waals surface area contributed by atoms with Crippen molar-refractivity contribution in [3.05, 3.63) is 59.9 Å². The van der Waals surface area contributed by atoms with Crippen molar-refractivity contribution in [1.82, 2.24) is 4.98 Å². The Morgan fingerprint density at radius 1 is 1.00 bits per heavy atom. The van der Waals surface area contributed by atoms with Crippen LogP contribution in [0.15, 0.2) is 48.8 Å². The quantitative estimate of drug-likeness (QED) is 0.779. The van der Waals surface area contributed by atoms with Crippen LogP contribution in [0.2, 0.25) is 0 Å². The lowest BCUT2D eigenvalue weighted by atomic mass is 10.1. The molecule has 0 unspecified atom stereocenters. The molecule has 1 N–H and O–H groups in total. The normalized spacial score (nSPS) is 10.0. The molecule has 2 rings (SSSR count). The van der Waals surface area contributed by atoms with Gasteiger partial charge in [0.25, 0.3) is 0 Å². The molecule has 14 heavy (non-hydrogen) atoms. The lowest BCUT2D eigenvalue weighted by Gasteiger charge is -2.00. The van der Waals surface area contributed by atoms with Crippen molar-refractivity contribution in [3.63, 3.8) is 0 Å². The Labute approximate surface area is 82.9 Å². The number of nitrogens with zero attached hydrogens (tertiary/aromatic N) is 1. The molecule has 0 fully saturated rings. The fourth-order valence-electron chi connectivity index (χ4n) is 1.35. The van der Waals surface area contributed by atoms with Gasteiger partial charge in [0.05, 0.1) is 0 Å². The average molecular weight is 185 g/mol. The van der Waals surface area contributed by atoms with Crippen LogP contribution in [-0.2, 0) is 6.42 Å². The van der Waals surface area contributed by atoms with Gasteiger partial charge in [0.2, 0.25) is 0 Å². The minimum absolute atomic E-state index is 0.305. The molecule has 0 spiro atoms. The van der Waals surface area contributed by atoms with Gasteiger partial charge >= 0.3 is 0 Å². The van der Waals surface area contributed by atoms with Crippen LogP contribution in [0.4, 0.5) is 0 Å². The Kier molecular flexibility index (Phi) is 2.45. The van der Waals surface area contributed by atoms with E-state index >= 15 is 0 Å². The molecule has 2 nitrogen and oxygen atoms in total. The SMILES string of the molecule is Oc1ccc(Cc2cccnc2)cc1. The maximum absolute atomic E-state index is 9.11. The van der Waals surface area contributed by atoms with E-state index in [1.807, 2.05) is 30.5 Å². The number of aromatic nitrogens is 1. The Morgan fingerprint density at radius 3 is 2.43 bits per heavy atom. The van der Waals surface area contributed by atoms with Gasteiger partial charge in [-0.1, -0.05) is 18.2 Å². The minimum Gasteiger partial charge on any atom is -0.508 e. The van der Waals surface area contributed by atoms with Crippen LogP contribution in [0, 0.1) is 0 Å². The summed E-state index contributed by atoms with van der Waals surface area (Å²) >= 11 is 0. The number of hydrogen-bond acceptors (Lipinski definition) is 2. The van der Waals surface area contributed by atoms with Crippen LogP contribution >= 0.6 is 0 Å². The van der Waals surface area contributed by atoms with Gasteiger partial charge in [0.1, 0.15) is 5.75 Å². The summed E-state index contributed by atoms with van der Waals surface area (Å²) < 4.78 is 0. The van der Waals surface area contributed by atoms with Crippen LogP contribution in [0.25, 0.3) is 0 Å². The summed E-state index contributed by atoms with van der Waals surface area (Å²) in [5.41, 5.74) is 2.36. The summed E-state index contributed by atoms with van der Waals surface area (Å²) in [6, 6.07) is 11.2. The van der Waals surface area contributed by atoms with E-state index in [1.165, 1.54) is 11.1 Å². The molecule has 1 aromatic carbocycles. The molecule has 0 aliphatic heterocycles. The lowest BCUT2D eigenvalue weighted by Crippen LogP contribution is -1.87. The van der Waals surface area contributed by atoms with E-state index in [9.17, 15) is 0 Å². The van der Waals surface area contributed by atoms with Crippen LogP contribution < -0.4 is 0 Å². The number of rotatable bonds is 2. The molecule has 0 saturated carbocycles.